The lowest BCUT2D eigenvalue weighted by atomic mass is 10.0. The Hall–Kier alpha value is -0.830. The zero-order valence-corrected chi connectivity index (χ0v) is 15.3. The van der Waals surface area contributed by atoms with Crippen LogP contribution in [0.25, 0.3) is 0 Å². The molecule has 1 aromatic carbocycles. The van der Waals surface area contributed by atoms with Crippen molar-refractivity contribution in [2.75, 3.05) is 5.75 Å². The Morgan fingerprint density at radius 2 is 1.32 bits per heavy atom. The standard InChI is InChI=1S/C19H32O2S/c1-4-10-18-12-14-19(15-13-18)11-8-6-5-7-9-16-22(20,21)17(2)3/h12-15,17H,4-11,16H2,1-3H3. The van der Waals surface area contributed by atoms with E-state index in [0.717, 1.165) is 25.7 Å². The van der Waals surface area contributed by atoms with Crippen LogP contribution in [-0.4, -0.2) is 19.4 Å². The van der Waals surface area contributed by atoms with Crippen molar-refractivity contribution in [2.45, 2.75) is 77.4 Å². The number of rotatable bonds is 11. The van der Waals surface area contributed by atoms with Gasteiger partial charge < -0.3 is 0 Å². The van der Waals surface area contributed by atoms with Crippen molar-refractivity contribution in [3.63, 3.8) is 0 Å². The highest BCUT2D eigenvalue weighted by Gasteiger charge is 2.14. The summed E-state index contributed by atoms with van der Waals surface area (Å²) in [6, 6.07) is 8.99. The first-order valence-electron chi connectivity index (χ1n) is 8.75. The van der Waals surface area contributed by atoms with Crippen LogP contribution in [0.3, 0.4) is 0 Å². The lowest BCUT2D eigenvalue weighted by molar-refractivity contribution is 0.577. The van der Waals surface area contributed by atoms with Crippen LogP contribution in [0, 0.1) is 0 Å². The molecule has 0 radical (unpaired) electrons. The third kappa shape index (κ3) is 7.44. The summed E-state index contributed by atoms with van der Waals surface area (Å²) in [6.07, 6.45) is 8.87. The van der Waals surface area contributed by atoms with E-state index in [1.807, 2.05) is 0 Å². The third-order valence-electron chi connectivity index (χ3n) is 4.17. The molecule has 2 nitrogen and oxygen atoms in total. The Morgan fingerprint density at radius 3 is 1.86 bits per heavy atom. The summed E-state index contributed by atoms with van der Waals surface area (Å²) in [7, 11) is -2.84. The van der Waals surface area contributed by atoms with Gasteiger partial charge in [0.05, 0.1) is 11.0 Å². The van der Waals surface area contributed by atoms with Crippen LogP contribution < -0.4 is 0 Å². The Balaban J connectivity index is 2.10. The zero-order chi connectivity index (χ0) is 16.4. The number of sulfone groups is 1. The predicted octanol–water partition coefficient (Wildman–Crippen LogP) is 4.96. The maximum atomic E-state index is 11.7. The van der Waals surface area contributed by atoms with Gasteiger partial charge in [0.15, 0.2) is 9.84 Å². The molecular weight excluding hydrogens is 292 g/mol. The lowest BCUT2D eigenvalue weighted by Gasteiger charge is -2.07. The fourth-order valence-corrected chi connectivity index (χ4v) is 3.64. The first-order valence-corrected chi connectivity index (χ1v) is 10.5. The molecule has 0 N–H and O–H groups in total. The minimum Gasteiger partial charge on any atom is -0.229 e. The number of hydrogen-bond donors (Lipinski definition) is 0. The molecule has 0 saturated heterocycles. The summed E-state index contributed by atoms with van der Waals surface area (Å²) in [6.45, 7) is 5.74. The predicted molar refractivity (Wildman–Crippen MR) is 96.1 cm³/mol. The normalized spacial score (nSPS) is 12.0. The SMILES string of the molecule is CCCc1ccc(CCCCCCCS(=O)(=O)C(C)C)cc1. The Bertz CT molecular complexity index is 501. The number of benzene rings is 1. The molecule has 0 atom stereocenters. The largest absolute Gasteiger partial charge is 0.229 e. The monoisotopic (exact) mass is 324 g/mol. The van der Waals surface area contributed by atoms with Crippen LogP contribution in [0.15, 0.2) is 24.3 Å². The Kier molecular flexibility index (Phi) is 8.77. The second-order valence-electron chi connectivity index (χ2n) is 6.50. The molecule has 0 heterocycles. The molecule has 1 aromatic rings. The Labute approximate surface area is 137 Å². The highest BCUT2D eigenvalue weighted by molar-refractivity contribution is 7.91. The van der Waals surface area contributed by atoms with Gasteiger partial charge in [-0.25, -0.2) is 8.42 Å². The van der Waals surface area contributed by atoms with E-state index in [4.69, 9.17) is 0 Å². The van der Waals surface area contributed by atoms with E-state index in [2.05, 4.69) is 31.2 Å². The third-order valence-corrected chi connectivity index (χ3v) is 6.47. The molecule has 0 aliphatic heterocycles. The summed E-state index contributed by atoms with van der Waals surface area (Å²) < 4.78 is 23.4. The van der Waals surface area contributed by atoms with E-state index in [1.165, 1.54) is 36.8 Å². The van der Waals surface area contributed by atoms with Crippen molar-refractivity contribution >= 4 is 9.84 Å². The lowest BCUT2D eigenvalue weighted by Crippen LogP contribution is -2.17. The van der Waals surface area contributed by atoms with E-state index in [1.54, 1.807) is 13.8 Å². The molecular formula is C19H32O2S. The summed E-state index contributed by atoms with van der Waals surface area (Å²) in [4.78, 5) is 0. The first kappa shape index (κ1) is 19.2. The first-order chi connectivity index (χ1) is 10.5. The molecule has 0 aliphatic rings. The second kappa shape index (κ2) is 10.0. The summed E-state index contributed by atoms with van der Waals surface area (Å²) in [5, 5.41) is -0.233. The maximum Gasteiger partial charge on any atom is 0.152 e. The summed E-state index contributed by atoms with van der Waals surface area (Å²) in [5.74, 6) is 0.351. The van der Waals surface area contributed by atoms with E-state index in [-0.39, 0.29) is 5.25 Å². The highest BCUT2D eigenvalue weighted by Crippen LogP contribution is 2.12. The smallest absolute Gasteiger partial charge is 0.152 e. The van der Waals surface area contributed by atoms with Crippen molar-refractivity contribution in [3.8, 4) is 0 Å². The van der Waals surface area contributed by atoms with Gasteiger partial charge in [-0.2, -0.15) is 0 Å². The summed E-state index contributed by atoms with van der Waals surface area (Å²) in [5.41, 5.74) is 2.85. The second-order valence-corrected chi connectivity index (χ2v) is 9.18. The molecule has 0 unspecified atom stereocenters. The number of unbranched alkanes of at least 4 members (excludes halogenated alkanes) is 4. The topological polar surface area (TPSA) is 34.1 Å². The molecule has 0 amide bonds. The van der Waals surface area contributed by atoms with Crippen LogP contribution in [-0.2, 0) is 22.7 Å². The molecule has 22 heavy (non-hydrogen) atoms. The molecule has 0 spiro atoms. The van der Waals surface area contributed by atoms with Gasteiger partial charge in [0.1, 0.15) is 0 Å². The van der Waals surface area contributed by atoms with Gasteiger partial charge in [0, 0.05) is 0 Å². The van der Waals surface area contributed by atoms with Crippen molar-refractivity contribution in [1.82, 2.24) is 0 Å². The van der Waals surface area contributed by atoms with Crippen LogP contribution in [0.1, 0.15) is 70.4 Å². The minimum atomic E-state index is -2.84. The van der Waals surface area contributed by atoms with Gasteiger partial charge in [-0.1, -0.05) is 56.9 Å². The average Bonchev–Trinajstić information content (AvgIpc) is 2.48. The Morgan fingerprint density at radius 1 is 0.818 bits per heavy atom. The van der Waals surface area contributed by atoms with E-state index in [9.17, 15) is 8.42 Å². The van der Waals surface area contributed by atoms with E-state index < -0.39 is 9.84 Å². The minimum absolute atomic E-state index is 0.233. The molecule has 126 valence electrons. The van der Waals surface area contributed by atoms with Gasteiger partial charge in [-0.15, -0.1) is 0 Å². The van der Waals surface area contributed by atoms with Gasteiger partial charge in [0.2, 0.25) is 0 Å². The molecule has 3 heteroatoms. The highest BCUT2D eigenvalue weighted by atomic mass is 32.2. The molecule has 0 aromatic heterocycles. The average molecular weight is 325 g/mol. The molecule has 0 saturated carbocycles. The van der Waals surface area contributed by atoms with Crippen LogP contribution >= 0.6 is 0 Å². The van der Waals surface area contributed by atoms with Crippen LogP contribution in [0.5, 0.6) is 0 Å². The number of hydrogen-bond acceptors (Lipinski definition) is 2. The van der Waals surface area contributed by atoms with Crippen molar-refractivity contribution in [1.29, 1.82) is 0 Å². The molecule has 1 rings (SSSR count). The van der Waals surface area contributed by atoms with Gasteiger partial charge in [-0.3, -0.25) is 0 Å². The fourth-order valence-electron chi connectivity index (χ4n) is 2.56. The van der Waals surface area contributed by atoms with E-state index in [0.29, 0.717) is 5.75 Å². The summed E-state index contributed by atoms with van der Waals surface area (Å²) >= 11 is 0. The van der Waals surface area contributed by atoms with Gasteiger partial charge >= 0.3 is 0 Å². The quantitative estimate of drug-likeness (QED) is 0.539. The van der Waals surface area contributed by atoms with E-state index >= 15 is 0 Å². The van der Waals surface area contributed by atoms with Crippen molar-refractivity contribution < 1.29 is 8.42 Å². The molecule has 0 bridgehead atoms. The maximum absolute atomic E-state index is 11.7. The van der Waals surface area contributed by atoms with Crippen LogP contribution in [0.2, 0.25) is 0 Å². The van der Waals surface area contributed by atoms with Crippen LogP contribution in [0.4, 0.5) is 0 Å². The van der Waals surface area contributed by atoms with Gasteiger partial charge in [-0.05, 0) is 50.7 Å². The van der Waals surface area contributed by atoms with Gasteiger partial charge in [0.25, 0.3) is 0 Å². The number of aryl methyl sites for hydroxylation is 2. The fraction of sp³-hybridized carbons (Fsp3) is 0.684. The zero-order valence-electron chi connectivity index (χ0n) is 14.5. The van der Waals surface area contributed by atoms with Crippen molar-refractivity contribution in [3.05, 3.63) is 35.4 Å². The van der Waals surface area contributed by atoms with Crippen molar-refractivity contribution in [2.24, 2.45) is 0 Å². The molecule has 0 aliphatic carbocycles. The molecule has 0 fully saturated rings.